The van der Waals surface area contributed by atoms with E-state index in [0.717, 1.165) is 48.1 Å². The molecule has 112 valence electrons. The minimum absolute atomic E-state index is 0. The highest BCUT2D eigenvalue weighted by Gasteiger charge is 2.27. The zero-order valence-corrected chi connectivity index (χ0v) is 14.4. The Hall–Kier alpha value is -0.580. The van der Waals surface area contributed by atoms with E-state index < -0.39 is 0 Å². The van der Waals surface area contributed by atoms with Gasteiger partial charge in [-0.2, -0.15) is 0 Å². The van der Waals surface area contributed by atoms with Gasteiger partial charge in [0.05, 0.1) is 5.56 Å². The van der Waals surface area contributed by atoms with E-state index in [-0.39, 0.29) is 18.3 Å². The molecule has 0 aromatic heterocycles. The van der Waals surface area contributed by atoms with Crippen LogP contribution in [0.25, 0.3) is 0 Å². The number of carbonyl (C=O) groups excluding carboxylic acids is 1. The first-order chi connectivity index (χ1) is 9.13. The summed E-state index contributed by atoms with van der Waals surface area (Å²) in [4.78, 5) is 14.7. The van der Waals surface area contributed by atoms with Crippen molar-refractivity contribution in [2.45, 2.75) is 32.7 Å². The van der Waals surface area contributed by atoms with Gasteiger partial charge < -0.3 is 10.2 Å². The van der Waals surface area contributed by atoms with Gasteiger partial charge in [-0.3, -0.25) is 4.79 Å². The molecule has 1 saturated heterocycles. The average Bonchev–Trinajstić information content (AvgIpc) is 2.89. The van der Waals surface area contributed by atoms with Crippen LogP contribution < -0.4 is 5.32 Å². The predicted molar refractivity (Wildman–Crippen MR) is 88.7 cm³/mol. The van der Waals surface area contributed by atoms with E-state index in [1.54, 1.807) is 0 Å². The van der Waals surface area contributed by atoms with Gasteiger partial charge in [-0.15, -0.1) is 12.4 Å². The first kappa shape index (κ1) is 17.5. The summed E-state index contributed by atoms with van der Waals surface area (Å²) < 4.78 is 0.893. The molecule has 0 saturated carbocycles. The smallest absolute Gasteiger partial charge is 0.255 e. The number of carbonyl (C=O) groups is 1. The predicted octanol–water partition coefficient (Wildman–Crippen LogP) is 3.39. The van der Waals surface area contributed by atoms with Crippen LogP contribution >= 0.6 is 28.3 Å². The molecule has 5 heteroatoms. The van der Waals surface area contributed by atoms with Gasteiger partial charge in [-0.25, -0.2) is 0 Å². The Morgan fingerprint density at radius 2 is 2.25 bits per heavy atom. The van der Waals surface area contributed by atoms with Crippen molar-refractivity contribution >= 4 is 34.2 Å². The summed E-state index contributed by atoms with van der Waals surface area (Å²) in [5, 5.41) is 3.34. The number of aryl methyl sites for hydroxylation is 1. The highest BCUT2D eigenvalue weighted by atomic mass is 79.9. The van der Waals surface area contributed by atoms with Gasteiger partial charge in [0.1, 0.15) is 0 Å². The van der Waals surface area contributed by atoms with Gasteiger partial charge in [0, 0.05) is 23.6 Å². The molecule has 2 rings (SSSR count). The van der Waals surface area contributed by atoms with Crippen LogP contribution in [0.2, 0.25) is 0 Å². The summed E-state index contributed by atoms with van der Waals surface area (Å²) in [6, 6.07) is 6.26. The molecule has 1 aromatic rings. The van der Waals surface area contributed by atoms with Gasteiger partial charge >= 0.3 is 0 Å². The van der Waals surface area contributed by atoms with Crippen molar-refractivity contribution in [2.75, 3.05) is 19.6 Å². The molecule has 1 aliphatic rings. The largest absolute Gasteiger partial charge is 0.334 e. The van der Waals surface area contributed by atoms with Crippen LogP contribution in [-0.4, -0.2) is 36.5 Å². The van der Waals surface area contributed by atoms with Crippen molar-refractivity contribution in [1.82, 2.24) is 10.2 Å². The van der Waals surface area contributed by atoms with Crippen molar-refractivity contribution in [3.05, 3.63) is 33.8 Å². The standard InChI is InChI=1S/C15H21BrN2O.ClH/c1-3-8-18(12-6-7-17-10-12)15(19)13-5-4-11(2)9-14(13)16;/h4-5,9,12,17H,3,6-8,10H2,1-2H3;1H. The topological polar surface area (TPSA) is 32.3 Å². The Balaban J connectivity index is 0.00000200. The number of nitrogens with one attached hydrogen (secondary N) is 1. The lowest BCUT2D eigenvalue weighted by Crippen LogP contribution is -2.42. The summed E-state index contributed by atoms with van der Waals surface area (Å²) in [7, 11) is 0. The Kier molecular flexibility index (Phi) is 7.00. The molecule has 1 N–H and O–H groups in total. The molecular formula is C15H22BrClN2O. The van der Waals surface area contributed by atoms with E-state index in [1.165, 1.54) is 0 Å². The lowest BCUT2D eigenvalue weighted by Gasteiger charge is -2.28. The lowest BCUT2D eigenvalue weighted by atomic mass is 10.1. The Bertz CT molecular complexity index is 461. The minimum atomic E-state index is 0. The Labute approximate surface area is 135 Å². The lowest BCUT2D eigenvalue weighted by molar-refractivity contribution is 0.0691. The van der Waals surface area contributed by atoms with Crippen molar-refractivity contribution in [3.63, 3.8) is 0 Å². The molecule has 0 spiro atoms. The monoisotopic (exact) mass is 360 g/mol. The van der Waals surface area contributed by atoms with E-state index in [2.05, 4.69) is 28.2 Å². The zero-order valence-electron chi connectivity index (χ0n) is 12.0. The first-order valence-corrected chi connectivity index (χ1v) is 7.70. The third-order valence-corrected chi connectivity index (χ3v) is 4.21. The molecule has 0 bridgehead atoms. The maximum absolute atomic E-state index is 12.7. The number of hydrogen-bond acceptors (Lipinski definition) is 2. The molecule has 0 radical (unpaired) electrons. The zero-order chi connectivity index (χ0) is 13.8. The number of hydrogen-bond donors (Lipinski definition) is 1. The van der Waals surface area contributed by atoms with Crippen LogP contribution in [0.4, 0.5) is 0 Å². The number of nitrogens with zero attached hydrogens (tertiary/aromatic N) is 1. The quantitative estimate of drug-likeness (QED) is 0.891. The van der Waals surface area contributed by atoms with Crippen LogP contribution in [0.15, 0.2) is 22.7 Å². The normalized spacial score (nSPS) is 17.6. The Morgan fingerprint density at radius 1 is 1.50 bits per heavy atom. The van der Waals surface area contributed by atoms with Crippen molar-refractivity contribution in [1.29, 1.82) is 0 Å². The van der Waals surface area contributed by atoms with Crippen LogP contribution in [0, 0.1) is 6.92 Å². The van der Waals surface area contributed by atoms with E-state index >= 15 is 0 Å². The summed E-state index contributed by atoms with van der Waals surface area (Å²) in [6.45, 7) is 6.89. The average molecular weight is 362 g/mol. The van der Waals surface area contributed by atoms with Gasteiger partial charge in [0.15, 0.2) is 0 Å². The fourth-order valence-corrected chi connectivity index (χ4v) is 3.21. The molecule has 3 nitrogen and oxygen atoms in total. The highest BCUT2D eigenvalue weighted by molar-refractivity contribution is 9.10. The number of amides is 1. The second-order valence-electron chi connectivity index (χ2n) is 5.13. The number of halogens is 2. The SMILES string of the molecule is CCCN(C(=O)c1ccc(C)cc1Br)C1CCNC1.Cl. The molecule has 1 unspecified atom stereocenters. The van der Waals surface area contributed by atoms with E-state index in [4.69, 9.17) is 0 Å². The summed E-state index contributed by atoms with van der Waals surface area (Å²) >= 11 is 3.51. The summed E-state index contributed by atoms with van der Waals surface area (Å²) in [5.74, 6) is 0.141. The number of rotatable bonds is 4. The molecule has 1 amide bonds. The van der Waals surface area contributed by atoms with Crippen molar-refractivity contribution in [3.8, 4) is 0 Å². The third-order valence-electron chi connectivity index (χ3n) is 3.56. The van der Waals surface area contributed by atoms with E-state index in [9.17, 15) is 4.79 Å². The first-order valence-electron chi connectivity index (χ1n) is 6.91. The maximum atomic E-state index is 12.7. The van der Waals surface area contributed by atoms with E-state index in [0.29, 0.717) is 6.04 Å². The molecule has 0 aliphatic carbocycles. The van der Waals surface area contributed by atoms with Gasteiger partial charge in [0.25, 0.3) is 5.91 Å². The third kappa shape index (κ3) is 3.96. The molecule has 1 atom stereocenters. The molecule has 1 aromatic carbocycles. The minimum Gasteiger partial charge on any atom is -0.334 e. The Morgan fingerprint density at radius 3 is 2.80 bits per heavy atom. The molecule has 1 fully saturated rings. The maximum Gasteiger partial charge on any atom is 0.255 e. The molecule has 20 heavy (non-hydrogen) atoms. The fraction of sp³-hybridized carbons (Fsp3) is 0.533. The fourth-order valence-electron chi connectivity index (χ4n) is 2.54. The number of benzene rings is 1. The van der Waals surface area contributed by atoms with Gasteiger partial charge in [-0.1, -0.05) is 13.0 Å². The highest BCUT2D eigenvalue weighted by Crippen LogP contribution is 2.22. The summed E-state index contributed by atoms with van der Waals surface area (Å²) in [6.07, 6.45) is 2.04. The second-order valence-corrected chi connectivity index (χ2v) is 5.98. The van der Waals surface area contributed by atoms with Crippen LogP contribution in [0.5, 0.6) is 0 Å². The van der Waals surface area contributed by atoms with Gasteiger partial charge in [0.2, 0.25) is 0 Å². The van der Waals surface area contributed by atoms with Crippen molar-refractivity contribution in [2.24, 2.45) is 0 Å². The molecule has 1 aliphatic heterocycles. The second kappa shape index (κ2) is 8.01. The molecule has 1 heterocycles. The van der Waals surface area contributed by atoms with Gasteiger partial charge in [-0.05, 0) is 59.9 Å². The van der Waals surface area contributed by atoms with Crippen molar-refractivity contribution < 1.29 is 4.79 Å². The van der Waals surface area contributed by atoms with Crippen LogP contribution in [0.1, 0.15) is 35.7 Å². The van der Waals surface area contributed by atoms with Crippen LogP contribution in [0.3, 0.4) is 0 Å². The van der Waals surface area contributed by atoms with E-state index in [1.807, 2.05) is 30.0 Å². The summed E-state index contributed by atoms with van der Waals surface area (Å²) in [5.41, 5.74) is 1.93. The van der Waals surface area contributed by atoms with Crippen LogP contribution in [-0.2, 0) is 0 Å². The molecular weight excluding hydrogens is 340 g/mol.